The van der Waals surface area contributed by atoms with Gasteiger partial charge in [-0.05, 0) is 32.2 Å². The van der Waals surface area contributed by atoms with Gasteiger partial charge in [-0.1, -0.05) is 0 Å². The molecule has 0 radical (unpaired) electrons. The maximum Gasteiger partial charge on any atom is 0.155 e. The molecule has 0 atom stereocenters. The minimum Gasteiger partial charge on any atom is -0.368 e. The Morgan fingerprint density at radius 2 is 1.75 bits per heavy atom. The third-order valence-corrected chi connectivity index (χ3v) is 6.54. The minimum absolute atomic E-state index is 0.758. The average molecular weight is 428 g/mol. The van der Waals surface area contributed by atoms with E-state index in [9.17, 15) is 0 Å². The predicted octanol–water partition coefficient (Wildman–Crippen LogP) is 2.96. The van der Waals surface area contributed by atoms with E-state index >= 15 is 0 Å². The summed E-state index contributed by atoms with van der Waals surface area (Å²) in [4.78, 5) is 21.9. The fraction of sp³-hybridized carbons (Fsp3) is 0.304. The Morgan fingerprint density at radius 3 is 2.53 bits per heavy atom. The lowest BCUT2D eigenvalue weighted by Gasteiger charge is -2.34. The van der Waals surface area contributed by atoms with Crippen LogP contribution in [0.1, 0.15) is 5.82 Å². The van der Waals surface area contributed by atoms with Crippen molar-refractivity contribution in [3.63, 3.8) is 0 Å². The van der Waals surface area contributed by atoms with Gasteiger partial charge in [0.25, 0.3) is 0 Å². The SMILES string of the molecule is Cc1ncc(-c2cnc3[nH]nc(-c4cc5c(N6CCN(C)CC6)ccnc5[nH]4)c3c2)n1C. The van der Waals surface area contributed by atoms with Crippen molar-refractivity contribution in [2.75, 3.05) is 38.1 Å². The van der Waals surface area contributed by atoms with Crippen LogP contribution in [0, 0.1) is 6.92 Å². The predicted molar refractivity (Wildman–Crippen MR) is 126 cm³/mol. The van der Waals surface area contributed by atoms with Crippen molar-refractivity contribution in [1.82, 2.24) is 39.6 Å². The summed E-state index contributed by atoms with van der Waals surface area (Å²) in [6, 6.07) is 6.39. The number of hydrogen-bond donors (Lipinski definition) is 2. The number of aromatic amines is 2. The Balaban J connectivity index is 1.45. The Labute approximate surface area is 185 Å². The van der Waals surface area contributed by atoms with Crippen molar-refractivity contribution < 1.29 is 0 Å². The topological polar surface area (TPSA) is 94.6 Å². The van der Waals surface area contributed by atoms with Gasteiger partial charge in [-0.15, -0.1) is 0 Å². The first-order chi connectivity index (χ1) is 15.6. The third-order valence-electron chi connectivity index (χ3n) is 6.54. The molecule has 0 spiro atoms. The van der Waals surface area contributed by atoms with Gasteiger partial charge in [0.15, 0.2) is 5.65 Å². The largest absolute Gasteiger partial charge is 0.368 e. The maximum absolute atomic E-state index is 4.60. The molecule has 1 aliphatic heterocycles. The Hall–Kier alpha value is -3.72. The van der Waals surface area contributed by atoms with E-state index in [1.165, 1.54) is 5.69 Å². The van der Waals surface area contributed by atoms with Crippen LogP contribution in [0.2, 0.25) is 0 Å². The summed E-state index contributed by atoms with van der Waals surface area (Å²) in [5.74, 6) is 0.964. The second kappa shape index (κ2) is 7.16. The van der Waals surface area contributed by atoms with Gasteiger partial charge in [0.1, 0.15) is 17.2 Å². The summed E-state index contributed by atoms with van der Waals surface area (Å²) in [5.41, 5.74) is 6.66. The number of nitrogens with zero attached hydrogens (tertiary/aromatic N) is 7. The van der Waals surface area contributed by atoms with Gasteiger partial charge in [0, 0.05) is 67.6 Å². The lowest BCUT2D eigenvalue weighted by atomic mass is 10.1. The molecule has 0 saturated carbocycles. The molecule has 0 aromatic carbocycles. The molecule has 32 heavy (non-hydrogen) atoms. The van der Waals surface area contributed by atoms with E-state index in [2.05, 4.69) is 69.7 Å². The highest BCUT2D eigenvalue weighted by molar-refractivity contribution is 5.98. The van der Waals surface area contributed by atoms with Crippen molar-refractivity contribution in [3.05, 3.63) is 42.6 Å². The van der Waals surface area contributed by atoms with E-state index in [0.29, 0.717) is 0 Å². The van der Waals surface area contributed by atoms with E-state index in [4.69, 9.17) is 0 Å². The number of aromatic nitrogens is 7. The monoisotopic (exact) mass is 427 g/mol. The molecule has 0 aliphatic carbocycles. The summed E-state index contributed by atoms with van der Waals surface area (Å²) in [5, 5.41) is 9.75. The van der Waals surface area contributed by atoms with Gasteiger partial charge < -0.3 is 19.4 Å². The Kier molecular flexibility index (Phi) is 4.25. The summed E-state index contributed by atoms with van der Waals surface area (Å²) in [7, 11) is 4.19. The molecule has 9 heteroatoms. The third kappa shape index (κ3) is 2.96. The zero-order valence-electron chi connectivity index (χ0n) is 18.4. The van der Waals surface area contributed by atoms with Crippen LogP contribution in [0.15, 0.2) is 36.8 Å². The number of hydrogen-bond acceptors (Lipinski definition) is 6. The number of imidazole rings is 1. The molecule has 0 unspecified atom stereocenters. The molecule has 1 fully saturated rings. The van der Waals surface area contributed by atoms with Crippen LogP contribution < -0.4 is 4.90 Å². The van der Waals surface area contributed by atoms with Gasteiger partial charge >= 0.3 is 0 Å². The first-order valence-corrected chi connectivity index (χ1v) is 10.8. The van der Waals surface area contributed by atoms with Crippen LogP contribution in [-0.4, -0.2) is 72.8 Å². The molecular weight excluding hydrogens is 402 g/mol. The fourth-order valence-corrected chi connectivity index (χ4v) is 4.48. The summed E-state index contributed by atoms with van der Waals surface area (Å²) in [6.07, 6.45) is 5.62. The summed E-state index contributed by atoms with van der Waals surface area (Å²) < 4.78 is 2.07. The van der Waals surface area contributed by atoms with Crippen LogP contribution in [-0.2, 0) is 7.05 Å². The number of anilines is 1. The van der Waals surface area contributed by atoms with Crippen molar-refractivity contribution in [3.8, 4) is 22.6 Å². The molecule has 2 N–H and O–H groups in total. The van der Waals surface area contributed by atoms with E-state index in [1.807, 2.05) is 32.6 Å². The van der Waals surface area contributed by atoms with Crippen LogP contribution in [0.5, 0.6) is 0 Å². The molecule has 1 saturated heterocycles. The quantitative estimate of drug-likeness (QED) is 0.460. The standard InChI is InChI=1S/C23H25N9/c1-14-25-13-20(31(14)3)15-10-17-21(28-29-23(17)26-12-15)18-11-16-19(4-5-24-22(16)27-18)32-8-6-30(2)7-9-32/h4-5,10-13H,6-9H2,1-3H3,(H,24,27)(H,26,28,29). The van der Waals surface area contributed by atoms with Crippen LogP contribution in [0.4, 0.5) is 5.69 Å². The van der Waals surface area contributed by atoms with E-state index in [-0.39, 0.29) is 0 Å². The van der Waals surface area contributed by atoms with Crippen molar-refractivity contribution in [1.29, 1.82) is 0 Å². The van der Waals surface area contributed by atoms with Gasteiger partial charge in [-0.3, -0.25) is 5.10 Å². The number of aryl methyl sites for hydroxylation is 1. The van der Waals surface area contributed by atoms with E-state index in [0.717, 1.165) is 76.7 Å². The summed E-state index contributed by atoms with van der Waals surface area (Å²) >= 11 is 0. The molecule has 5 aromatic rings. The van der Waals surface area contributed by atoms with E-state index in [1.54, 1.807) is 0 Å². The normalized spacial score (nSPS) is 15.3. The molecule has 162 valence electrons. The molecule has 5 aromatic heterocycles. The Bertz CT molecular complexity index is 1430. The molecule has 1 aliphatic rings. The van der Waals surface area contributed by atoms with Gasteiger partial charge in [-0.25, -0.2) is 15.0 Å². The van der Waals surface area contributed by atoms with Gasteiger partial charge in [-0.2, -0.15) is 5.10 Å². The smallest absolute Gasteiger partial charge is 0.155 e. The van der Waals surface area contributed by atoms with Crippen molar-refractivity contribution >= 4 is 27.8 Å². The lowest BCUT2D eigenvalue weighted by molar-refractivity contribution is 0.313. The molecule has 0 bridgehead atoms. The summed E-state index contributed by atoms with van der Waals surface area (Å²) in [6.45, 7) is 6.14. The molecular formula is C23H25N9. The number of rotatable bonds is 3. The molecule has 6 heterocycles. The Morgan fingerprint density at radius 1 is 0.906 bits per heavy atom. The highest BCUT2D eigenvalue weighted by Crippen LogP contribution is 2.33. The van der Waals surface area contributed by atoms with E-state index < -0.39 is 0 Å². The minimum atomic E-state index is 0.758. The van der Waals surface area contributed by atoms with Crippen molar-refractivity contribution in [2.24, 2.45) is 7.05 Å². The second-order valence-electron chi connectivity index (χ2n) is 8.51. The number of piperazine rings is 1. The first kappa shape index (κ1) is 19.0. The number of fused-ring (bicyclic) bond motifs is 2. The fourth-order valence-electron chi connectivity index (χ4n) is 4.48. The first-order valence-electron chi connectivity index (χ1n) is 10.8. The second-order valence-corrected chi connectivity index (χ2v) is 8.51. The van der Waals surface area contributed by atoms with Crippen LogP contribution in [0.25, 0.3) is 44.7 Å². The number of nitrogens with one attached hydrogen (secondary N) is 2. The van der Waals surface area contributed by atoms with Crippen molar-refractivity contribution in [2.45, 2.75) is 6.92 Å². The van der Waals surface area contributed by atoms with Crippen LogP contribution in [0.3, 0.4) is 0 Å². The van der Waals surface area contributed by atoms with Crippen LogP contribution >= 0.6 is 0 Å². The van der Waals surface area contributed by atoms with Gasteiger partial charge in [0.05, 0.1) is 17.6 Å². The van der Waals surface area contributed by atoms with Gasteiger partial charge in [0.2, 0.25) is 0 Å². The molecule has 9 nitrogen and oxygen atoms in total. The highest BCUT2D eigenvalue weighted by atomic mass is 15.2. The number of pyridine rings is 2. The zero-order valence-corrected chi connectivity index (χ0v) is 18.4. The number of likely N-dealkylation sites (N-methyl/N-ethyl adjacent to an activating group) is 1. The lowest BCUT2D eigenvalue weighted by Crippen LogP contribution is -2.44. The number of H-pyrrole nitrogens is 2. The molecule has 6 rings (SSSR count). The highest BCUT2D eigenvalue weighted by Gasteiger charge is 2.20. The maximum atomic E-state index is 4.60. The zero-order chi connectivity index (χ0) is 21.8. The molecule has 0 amide bonds. The average Bonchev–Trinajstić information content (AvgIpc) is 3.50.